The molecule has 1 heterocycles. The van der Waals surface area contributed by atoms with E-state index in [0.717, 1.165) is 5.56 Å². The van der Waals surface area contributed by atoms with Crippen molar-refractivity contribution in [2.75, 3.05) is 17.1 Å². The molecule has 3 rings (SSSR count). The smallest absolute Gasteiger partial charge is 0.261 e. The van der Waals surface area contributed by atoms with E-state index in [-0.39, 0.29) is 21.5 Å². The first-order valence-corrected chi connectivity index (χ1v) is 9.04. The first-order chi connectivity index (χ1) is 11.4. The van der Waals surface area contributed by atoms with Gasteiger partial charge in [-0.2, -0.15) is 0 Å². The Kier molecular flexibility index (Phi) is 4.38. The summed E-state index contributed by atoms with van der Waals surface area (Å²) < 4.78 is 32.8. The minimum Gasteiger partial charge on any atom is -0.497 e. The number of hydrogen-bond acceptors (Lipinski definition) is 4. The molecule has 0 unspecified atom stereocenters. The van der Waals surface area contributed by atoms with Gasteiger partial charge in [0.1, 0.15) is 5.75 Å². The molecule has 1 aliphatic rings. The van der Waals surface area contributed by atoms with E-state index in [9.17, 15) is 13.2 Å². The maximum Gasteiger partial charge on any atom is 0.261 e. The second-order valence-corrected chi connectivity index (χ2v) is 7.41. The van der Waals surface area contributed by atoms with Gasteiger partial charge >= 0.3 is 0 Å². The van der Waals surface area contributed by atoms with Gasteiger partial charge in [-0.3, -0.25) is 9.52 Å². The number of fused-ring (bicyclic) bond motifs is 1. The number of sulfonamides is 1. The Morgan fingerprint density at radius 2 is 1.96 bits per heavy atom. The summed E-state index contributed by atoms with van der Waals surface area (Å²) in [6, 6.07) is 9.31. The Hall–Kier alpha value is -2.25. The number of anilines is 2. The Morgan fingerprint density at radius 3 is 2.71 bits per heavy atom. The molecule has 0 saturated heterocycles. The van der Waals surface area contributed by atoms with Crippen LogP contribution in [0.2, 0.25) is 5.02 Å². The van der Waals surface area contributed by atoms with Crippen LogP contribution in [0.3, 0.4) is 0 Å². The van der Waals surface area contributed by atoms with Crippen LogP contribution < -0.4 is 14.8 Å². The number of carbonyl (C=O) groups is 1. The van der Waals surface area contributed by atoms with Gasteiger partial charge in [0.15, 0.2) is 0 Å². The van der Waals surface area contributed by atoms with Crippen molar-refractivity contribution in [3.8, 4) is 5.75 Å². The lowest BCUT2D eigenvalue weighted by molar-refractivity contribution is -0.116. The van der Waals surface area contributed by atoms with Crippen LogP contribution in [0.4, 0.5) is 11.4 Å². The summed E-state index contributed by atoms with van der Waals surface area (Å²) >= 11 is 6.05. The van der Waals surface area contributed by atoms with Gasteiger partial charge in [-0.05, 0) is 42.3 Å². The Bertz CT molecular complexity index is 912. The van der Waals surface area contributed by atoms with Gasteiger partial charge in [-0.15, -0.1) is 0 Å². The van der Waals surface area contributed by atoms with E-state index in [4.69, 9.17) is 16.3 Å². The van der Waals surface area contributed by atoms with Gasteiger partial charge in [-0.25, -0.2) is 8.42 Å². The van der Waals surface area contributed by atoms with Crippen molar-refractivity contribution in [2.45, 2.75) is 17.7 Å². The van der Waals surface area contributed by atoms with Gasteiger partial charge in [0.25, 0.3) is 10.0 Å². The topological polar surface area (TPSA) is 84.5 Å². The summed E-state index contributed by atoms with van der Waals surface area (Å²) in [4.78, 5) is 11.5. The van der Waals surface area contributed by atoms with E-state index in [2.05, 4.69) is 10.0 Å². The van der Waals surface area contributed by atoms with Gasteiger partial charge in [0, 0.05) is 18.2 Å². The number of aryl methyl sites for hydroxylation is 1. The maximum atomic E-state index is 12.6. The molecule has 126 valence electrons. The average Bonchev–Trinajstić information content (AvgIpc) is 2.56. The van der Waals surface area contributed by atoms with Crippen LogP contribution in [-0.4, -0.2) is 21.4 Å². The lowest BCUT2D eigenvalue weighted by Crippen LogP contribution is -2.20. The molecule has 0 fully saturated rings. The molecule has 0 aliphatic carbocycles. The lowest BCUT2D eigenvalue weighted by atomic mass is 10.0. The average molecular weight is 367 g/mol. The molecular weight excluding hydrogens is 352 g/mol. The molecule has 0 spiro atoms. The number of amides is 1. The highest BCUT2D eigenvalue weighted by molar-refractivity contribution is 7.92. The molecule has 2 N–H and O–H groups in total. The second kappa shape index (κ2) is 6.33. The number of methoxy groups -OCH3 is 1. The summed E-state index contributed by atoms with van der Waals surface area (Å²) in [5.41, 5.74) is 1.67. The Morgan fingerprint density at radius 1 is 1.17 bits per heavy atom. The number of ether oxygens (including phenoxy) is 1. The van der Waals surface area contributed by atoms with Crippen LogP contribution in [0, 0.1) is 0 Å². The van der Waals surface area contributed by atoms with Gasteiger partial charge in [0.05, 0.1) is 22.7 Å². The van der Waals surface area contributed by atoms with Crippen LogP contribution >= 0.6 is 11.6 Å². The fourth-order valence-corrected chi connectivity index (χ4v) is 3.78. The zero-order valence-electron chi connectivity index (χ0n) is 12.8. The third-order valence-corrected chi connectivity index (χ3v) is 5.39. The fourth-order valence-electron chi connectivity index (χ4n) is 2.44. The molecule has 8 heteroatoms. The molecule has 24 heavy (non-hydrogen) atoms. The third kappa shape index (κ3) is 3.32. The number of nitrogens with one attached hydrogen (secondary N) is 2. The molecule has 0 saturated carbocycles. The summed E-state index contributed by atoms with van der Waals surface area (Å²) in [6.45, 7) is 0. The standard InChI is InChI=1S/C16H15ClN2O4S/c1-23-11-3-5-13(17)15(9-11)19-24(21,22)12-4-6-14-10(8-12)2-7-16(20)18-14/h3-6,8-9,19H,2,7H2,1H3,(H,18,20). The highest BCUT2D eigenvalue weighted by Gasteiger charge is 2.21. The normalized spacial score (nSPS) is 13.8. The van der Waals surface area contributed by atoms with Crippen LogP contribution in [0.1, 0.15) is 12.0 Å². The quantitative estimate of drug-likeness (QED) is 0.871. The second-order valence-electron chi connectivity index (χ2n) is 5.32. The van der Waals surface area contributed by atoms with Crippen molar-refractivity contribution in [2.24, 2.45) is 0 Å². The molecule has 0 bridgehead atoms. The zero-order chi connectivity index (χ0) is 17.3. The van der Waals surface area contributed by atoms with Crippen LogP contribution in [0.5, 0.6) is 5.75 Å². The predicted octanol–water partition coefficient (Wildman–Crippen LogP) is 3.03. The molecule has 6 nitrogen and oxygen atoms in total. The van der Waals surface area contributed by atoms with E-state index in [1.54, 1.807) is 24.3 Å². The summed E-state index contributed by atoms with van der Waals surface area (Å²) in [5.74, 6) is 0.421. The van der Waals surface area contributed by atoms with Crippen LogP contribution in [0.25, 0.3) is 0 Å². The van der Waals surface area contributed by atoms with Crippen LogP contribution in [0.15, 0.2) is 41.3 Å². The van der Waals surface area contributed by atoms with Crippen molar-refractivity contribution < 1.29 is 17.9 Å². The molecular formula is C16H15ClN2O4S. The van der Waals surface area contributed by atoms with E-state index < -0.39 is 10.0 Å². The number of halogens is 1. The summed E-state index contributed by atoms with van der Waals surface area (Å²) in [5, 5.41) is 2.99. The molecule has 1 aliphatic heterocycles. The van der Waals surface area contributed by atoms with Crippen molar-refractivity contribution >= 4 is 38.9 Å². The fraction of sp³-hybridized carbons (Fsp3) is 0.188. The van der Waals surface area contributed by atoms with Crippen molar-refractivity contribution in [3.05, 3.63) is 47.0 Å². The number of rotatable bonds is 4. The number of carbonyl (C=O) groups excluding carboxylic acids is 1. The summed E-state index contributed by atoms with van der Waals surface area (Å²) in [7, 11) is -2.33. The third-order valence-electron chi connectivity index (χ3n) is 3.70. The van der Waals surface area contributed by atoms with E-state index in [1.165, 1.54) is 19.2 Å². The first-order valence-electron chi connectivity index (χ1n) is 7.18. The van der Waals surface area contributed by atoms with Crippen molar-refractivity contribution in [1.82, 2.24) is 0 Å². The minimum atomic E-state index is -3.81. The number of hydrogen-bond donors (Lipinski definition) is 2. The van der Waals surface area contributed by atoms with Gasteiger partial charge in [-0.1, -0.05) is 11.6 Å². The van der Waals surface area contributed by atoms with Gasteiger partial charge in [0.2, 0.25) is 5.91 Å². The maximum absolute atomic E-state index is 12.6. The molecule has 2 aromatic rings. The minimum absolute atomic E-state index is 0.0700. The van der Waals surface area contributed by atoms with Gasteiger partial charge < -0.3 is 10.1 Å². The first kappa shape index (κ1) is 16.6. The zero-order valence-corrected chi connectivity index (χ0v) is 14.4. The van der Waals surface area contributed by atoms with Crippen molar-refractivity contribution in [3.63, 3.8) is 0 Å². The van der Waals surface area contributed by atoms with Crippen LogP contribution in [-0.2, 0) is 21.2 Å². The Labute approximate surface area is 144 Å². The molecule has 1 amide bonds. The highest BCUT2D eigenvalue weighted by atomic mass is 35.5. The largest absolute Gasteiger partial charge is 0.497 e. The van der Waals surface area contributed by atoms with E-state index in [0.29, 0.717) is 24.3 Å². The monoisotopic (exact) mass is 366 g/mol. The lowest BCUT2D eigenvalue weighted by Gasteiger charge is -2.18. The molecule has 0 aromatic heterocycles. The van der Waals surface area contributed by atoms with E-state index in [1.807, 2.05) is 0 Å². The number of benzene rings is 2. The Balaban J connectivity index is 1.93. The van der Waals surface area contributed by atoms with Crippen molar-refractivity contribution in [1.29, 1.82) is 0 Å². The van der Waals surface area contributed by atoms with E-state index >= 15 is 0 Å². The molecule has 2 aromatic carbocycles. The summed E-state index contributed by atoms with van der Waals surface area (Å²) in [6.07, 6.45) is 0.843. The predicted molar refractivity (Wildman–Crippen MR) is 92.2 cm³/mol. The molecule has 0 atom stereocenters. The molecule has 0 radical (unpaired) electrons. The highest BCUT2D eigenvalue weighted by Crippen LogP contribution is 2.30. The SMILES string of the molecule is COc1ccc(Cl)c(NS(=O)(=O)c2ccc3c(c2)CCC(=O)N3)c1.